The predicted molar refractivity (Wildman–Crippen MR) is 58.5 cm³/mol. The Morgan fingerprint density at radius 1 is 1.53 bits per heavy atom. The first-order valence-corrected chi connectivity index (χ1v) is 5.49. The van der Waals surface area contributed by atoms with Gasteiger partial charge in [0.25, 0.3) is 0 Å². The highest BCUT2D eigenvalue weighted by Crippen LogP contribution is 2.10. The lowest BCUT2D eigenvalue weighted by Gasteiger charge is -2.31. The molecular formula is C10H18N2O5. The number of carbonyl (C=O) groups is 2. The molecule has 0 aliphatic carbocycles. The fraction of sp³-hybridized carbons (Fsp3) is 0.800. The molecule has 2 unspecified atom stereocenters. The molecule has 7 nitrogen and oxygen atoms in total. The molecule has 1 heterocycles. The van der Waals surface area contributed by atoms with Crippen molar-refractivity contribution in [2.45, 2.75) is 31.5 Å². The molecule has 1 aliphatic heterocycles. The Labute approximate surface area is 99.0 Å². The minimum atomic E-state index is -1.98. The maximum Gasteiger partial charge on any atom is 0.337 e. The lowest BCUT2D eigenvalue weighted by molar-refractivity contribution is -0.155. The molecule has 2 amide bonds. The zero-order valence-electron chi connectivity index (χ0n) is 9.72. The minimum absolute atomic E-state index is 0.237. The summed E-state index contributed by atoms with van der Waals surface area (Å²) in [6, 6.07) is -0.467. The summed E-state index contributed by atoms with van der Waals surface area (Å²) >= 11 is 0. The quantitative estimate of drug-likeness (QED) is 0.510. The van der Waals surface area contributed by atoms with Gasteiger partial charge in [-0.3, -0.25) is 0 Å². The van der Waals surface area contributed by atoms with E-state index in [-0.39, 0.29) is 13.1 Å². The molecule has 0 aromatic heterocycles. The van der Waals surface area contributed by atoms with E-state index < -0.39 is 23.7 Å². The van der Waals surface area contributed by atoms with E-state index in [9.17, 15) is 19.8 Å². The van der Waals surface area contributed by atoms with Crippen LogP contribution in [0.5, 0.6) is 0 Å². The van der Waals surface area contributed by atoms with E-state index >= 15 is 0 Å². The summed E-state index contributed by atoms with van der Waals surface area (Å²) in [5.74, 6) is -1.39. The van der Waals surface area contributed by atoms with Gasteiger partial charge in [0.05, 0.1) is 12.6 Å². The third-order valence-electron chi connectivity index (χ3n) is 2.73. The molecule has 1 saturated heterocycles. The molecule has 0 aromatic carbocycles. The molecule has 1 aliphatic rings. The van der Waals surface area contributed by atoms with Crippen LogP contribution in [-0.4, -0.2) is 63.6 Å². The van der Waals surface area contributed by atoms with Gasteiger partial charge in [-0.2, -0.15) is 0 Å². The zero-order valence-corrected chi connectivity index (χ0v) is 9.72. The summed E-state index contributed by atoms with van der Waals surface area (Å²) in [7, 11) is 0. The third kappa shape index (κ3) is 3.86. The van der Waals surface area contributed by atoms with Crippen molar-refractivity contribution >= 4 is 12.0 Å². The van der Waals surface area contributed by atoms with Gasteiger partial charge in [-0.15, -0.1) is 0 Å². The van der Waals surface area contributed by atoms with Crippen LogP contribution >= 0.6 is 0 Å². The lowest BCUT2D eigenvalue weighted by atomic mass is 10.1. The number of hydrogen-bond acceptors (Lipinski definition) is 4. The molecule has 0 radical (unpaired) electrons. The number of aliphatic hydroxyl groups is 2. The number of carbonyl (C=O) groups excluding carboxylic acids is 1. The monoisotopic (exact) mass is 246 g/mol. The Morgan fingerprint density at radius 3 is 2.71 bits per heavy atom. The molecular weight excluding hydrogens is 228 g/mol. The fourth-order valence-corrected chi connectivity index (χ4v) is 1.57. The van der Waals surface area contributed by atoms with E-state index in [0.717, 1.165) is 6.92 Å². The highest BCUT2D eigenvalue weighted by molar-refractivity contribution is 5.79. The number of urea groups is 1. The number of piperidine rings is 1. The molecule has 98 valence electrons. The number of aliphatic carboxylic acids is 1. The zero-order chi connectivity index (χ0) is 13.1. The average Bonchev–Trinajstić information content (AvgIpc) is 2.25. The van der Waals surface area contributed by atoms with E-state index in [1.807, 2.05) is 0 Å². The number of carboxylic acid groups (broad SMARTS) is 1. The predicted octanol–water partition coefficient (Wildman–Crippen LogP) is -1.01. The maximum absolute atomic E-state index is 11.6. The van der Waals surface area contributed by atoms with Crippen LogP contribution in [0.4, 0.5) is 4.79 Å². The first-order chi connectivity index (χ1) is 7.83. The number of amides is 2. The molecule has 1 fully saturated rings. The van der Waals surface area contributed by atoms with Crippen LogP contribution in [0.3, 0.4) is 0 Å². The van der Waals surface area contributed by atoms with Crippen LogP contribution < -0.4 is 5.32 Å². The highest BCUT2D eigenvalue weighted by Gasteiger charge is 2.31. The Hall–Kier alpha value is -1.34. The molecule has 2 atom stereocenters. The SMILES string of the molecule is CC(O)(CNC(=O)N1CCCC(O)C1)C(=O)O. The molecule has 4 N–H and O–H groups in total. The summed E-state index contributed by atoms with van der Waals surface area (Å²) in [4.78, 5) is 23.6. The van der Waals surface area contributed by atoms with Gasteiger partial charge in [0.1, 0.15) is 0 Å². The van der Waals surface area contributed by atoms with E-state index in [1.54, 1.807) is 0 Å². The van der Waals surface area contributed by atoms with Gasteiger partial charge >= 0.3 is 12.0 Å². The number of nitrogens with zero attached hydrogens (tertiary/aromatic N) is 1. The summed E-state index contributed by atoms with van der Waals surface area (Å²) < 4.78 is 0. The summed E-state index contributed by atoms with van der Waals surface area (Å²) in [6.07, 6.45) is 0.843. The Morgan fingerprint density at radius 2 is 2.18 bits per heavy atom. The number of β-amino-alcohol motifs (C(OH)–C–C–N with tert-alkyl or cyclic N) is 1. The molecule has 0 spiro atoms. The average molecular weight is 246 g/mol. The van der Waals surface area contributed by atoms with Crippen LogP contribution in [0, 0.1) is 0 Å². The van der Waals surface area contributed by atoms with Crippen molar-refractivity contribution in [3.8, 4) is 0 Å². The van der Waals surface area contributed by atoms with Gasteiger partial charge in [0.15, 0.2) is 5.60 Å². The molecule has 1 rings (SSSR count). The number of aliphatic hydroxyl groups excluding tert-OH is 1. The van der Waals surface area contributed by atoms with Gasteiger partial charge in [-0.1, -0.05) is 0 Å². The van der Waals surface area contributed by atoms with Crippen LogP contribution in [-0.2, 0) is 4.79 Å². The van der Waals surface area contributed by atoms with E-state index in [1.165, 1.54) is 4.90 Å². The third-order valence-corrected chi connectivity index (χ3v) is 2.73. The standard InChI is InChI=1S/C10H18N2O5/c1-10(17,8(14)15)6-11-9(16)12-4-2-3-7(13)5-12/h7,13,17H,2-6H2,1H3,(H,11,16)(H,14,15). The Balaban J connectivity index is 2.41. The van der Waals surface area contributed by atoms with Gasteiger partial charge in [-0.25, -0.2) is 9.59 Å². The highest BCUT2D eigenvalue weighted by atomic mass is 16.4. The van der Waals surface area contributed by atoms with Gasteiger partial charge in [0, 0.05) is 13.1 Å². The van der Waals surface area contributed by atoms with Crippen molar-refractivity contribution in [3.05, 3.63) is 0 Å². The van der Waals surface area contributed by atoms with Crippen LogP contribution in [0.2, 0.25) is 0 Å². The van der Waals surface area contributed by atoms with Crippen LogP contribution in [0.1, 0.15) is 19.8 Å². The molecule has 0 bridgehead atoms. The molecule has 0 aromatic rings. The Kier molecular flexibility index (Phi) is 4.30. The van der Waals surface area contributed by atoms with Gasteiger partial charge < -0.3 is 25.5 Å². The van der Waals surface area contributed by atoms with Crippen molar-refractivity contribution < 1.29 is 24.9 Å². The molecule has 0 saturated carbocycles. The lowest BCUT2D eigenvalue weighted by Crippen LogP contribution is -2.52. The van der Waals surface area contributed by atoms with E-state index in [4.69, 9.17) is 5.11 Å². The number of rotatable bonds is 3. The molecule has 7 heteroatoms. The van der Waals surface area contributed by atoms with E-state index in [2.05, 4.69) is 5.32 Å². The summed E-state index contributed by atoms with van der Waals surface area (Å²) in [5.41, 5.74) is -1.98. The van der Waals surface area contributed by atoms with Crippen molar-refractivity contribution in [2.24, 2.45) is 0 Å². The fourth-order valence-electron chi connectivity index (χ4n) is 1.57. The van der Waals surface area contributed by atoms with Crippen molar-refractivity contribution in [1.29, 1.82) is 0 Å². The number of hydrogen-bond donors (Lipinski definition) is 4. The van der Waals surface area contributed by atoms with Gasteiger partial charge in [0.2, 0.25) is 0 Å². The summed E-state index contributed by atoms with van der Waals surface area (Å²) in [5, 5.41) is 29.8. The second-order valence-electron chi connectivity index (χ2n) is 4.48. The largest absolute Gasteiger partial charge is 0.479 e. The van der Waals surface area contributed by atoms with Crippen molar-refractivity contribution in [1.82, 2.24) is 10.2 Å². The number of likely N-dealkylation sites (tertiary alicyclic amines) is 1. The second kappa shape index (κ2) is 5.33. The number of nitrogens with one attached hydrogen (secondary N) is 1. The van der Waals surface area contributed by atoms with Crippen molar-refractivity contribution in [2.75, 3.05) is 19.6 Å². The Bertz CT molecular complexity index is 305. The first kappa shape index (κ1) is 13.7. The van der Waals surface area contributed by atoms with Gasteiger partial charge in [-0.05, 0) is 19.8 Å². The first-order valence-electron chi connectivity index (χ1n) is 5.49. The topological polar surface area (TPSA) is 110 Å². The normalized spacial score (nSPS) is 23.9. The van der Waals surface area contributed by atoms with Crippen molar-refractivity contribution in [3.63, 3.8) is 0 Å². The smallest absolute Gasteiger partial charge is 0.337 e. The number of carboxylic acids is 1. The summed E-state index contributed by atoms with van der Waals surface area (Å²) in [6.45, 7) is 1.51. The molecule has 17 heavy (non-hydrogen) atoms. The minimum Gasteiger partial charge on any atom is -0.479 e. The van der Waals surface area contributed by atoms with Crippen LogP contribution in [0.25, 0.3) is 0 Å². The maximum atomic E-state index is 11.6. The van der Waals surface area contributed by atoms with E-state index in [0.29, 0.717) is 19.4 Å². The second-order valence-corrected chi connectivity index (χ2v) is 4.48. The van der Waals surface area contributed by atoms with Crippen LogP contribution in [0.15, 0.2) is 0 Å².